The monoisotopic (exact) mass is 359 g/mol. The number of nitrogens with one attached hydrogen (secondary N) is 1. The molecular formula is C14H19Br2N. The molecule has 1 N–H and O–H groups in total. The fourth-order valence-electron chi connectivity index (χ4n) is 2.46. The first kappa shape index (κ1) is 13.4. The average molecular weight is 361 g/mol. The zero-order valence-electron chi connectivity index (χ0n) is 10.0. The van der Waals surface area contributed by atoms with Gasteiger partial charge in [0.2, 0.25) is 0 Å². The number of hydrogen-bond acceptors (Lipinski definition) is 1. The van der Waals surface area contributed by atoms with E-state index in [1.54, 1.807) is 0 Å². The van der Waals surface area contributed by atoms with Crippen molar-refractivity contribution in [3.05, 3.63) is 27.1 Å². The molecular weight excluding hydrogens is 342 g/mol. The lowest BCUT2D eigenvalue weighted by Crippen LogP contribution is -2.13. The number of anilines is 1. The van der Waals surface area contributed by atoms with E-state index in [0.29, 0.717) is 0 Å². The molecule has 1 saturated carbocycles. The molecule has 0 atom stereocenters. The van der Waals surface area contributed by atoms with Crippen molar-refractivity contribution in [1.82, 2.24) is 0 Å². The van der Waals surface area contributed by atoms with Gasteiger partial charge in [0.05, 0.1) is 0 Å². The van der Waals surface area contributed by atoms with Crippen molar-refractivity contribution in [3.63, 3.8) is 0 Å². The van der Waals surface area contributed by atoms with Gasteiger partial charge in [-0.05, 0) is 52.9 Å². The molecule has 0 aromatic heterocycles. The maximum Gasteiger partial charge on any atom is 0.0496 e. The molecule has 0 amide bonds. The molecule has 1 aliphatic rings. The highest BCUT2D eigenvalue weighted by Crippen LogP contribution is 2.28. The Balaban J connectivity index is 1.89. The maximum atomic E-state index is 3.59. The molecule has 1 fully saturated rings. The number of benzene rings is 1. The van der Waals surface area contributed by atoms with Crippen LogP contribution in [0.4, 0.5) is 5.69 Å². The maximum absolute atomic E-state index is 3.59. The van der Waals surface area contributed by atoms with E-state index in [4.69, 9.17) is 0 Å². The molecule has 17 heavy (non-hydrogen) atoms. The van der Waals surface area contributed by atoms with Crippen molar-refractivity contribution in [1.29, 1.82) is 0 Å². The normalized spacial score (nSPS) is 17.8. The van der Waals surface area contributed by atoms with E-state index >= 15 is 0 Å². The second-order valence-corrected chi connectivity index (χ2v) is 6.63. The lowest BCUT2D eigenvalue weighted by molar-refractivity contribution is 0.483. The van der Waals surface area contributed by atoms with Gasteiger partial charge in [-0.3, -0.25) is 0 Å². The van der Waals surface area contributed by atoms with Crippen molar-refractivity contribution in [2.24, 2.45) is 5.92 Å². The molecule has 0 unspecified atom stereocenters. The van der Waals surface area contributed by atoms with Crippen LogP contribution in [0.25, 0.3) is 0 Å². The highest BCUT2D eigenvalue weighted by Gasteiger charge is 2.12. The van der Waals surface area contributed by atoms with Crippen LogP contribution < -0.4 is 5.32 Å². The SMILES string of the molecule is Brc1ccc(Br)c(NCC2CCCCCC2)c1. The van der Waals surface area contributed by atoms with E-state index < -0.39 is 0 Å². The van der Waals surface area contributed by atoms with Crippen LogP contribution >= 0.6 is 31.9 Å². The van der Waals surface area contributed by atoms with Crippen LogP contribution in [0.1, 0.15) is 38.5 Å². The van der Waals surface area contributed by atoms with Gasteiger partial charge in [-0.25, -0.2) is 0 Å². The molecule has 0 radical (unpaired) electrons. The van der Waals surface area contributed by atoms with E-state index in [1.807, 2.05) is 0 Å². The van der Waals surface area contributed by atoms with Crippen LogP contribution in [0.5, 0.6) is 0 Å². The fraction of sp³-hybridized carbons (Fsp3) is 0.571. The minimum absolute atomic E-state index is 0.850. The summed E-state index contributed by atoms with van der Waals surface area (Å²) in [6.45, 7) is 1.11. The Morgan fingerprint density at radius 2 is 1.76 bits per heavy atom. The Bertz CT molecular complexity index is 357. The third-order valence-corrected chi connectivity index (χ3v) is 4.67. The third kappa shape index (κ3) is 4.29. The summed E-state index contributed by atoms with van der Waals surface area (Å²) < 4.78 is 2.28. The van der Waals surface area contributed by atoms with Crippen molar-refractivity contribution < 1.29 is 0 Å². The summed E-state index contributed by atoms with van der Waals surface area (Å²) >= 11 is 7.10. The molecule has 0 heterocycles. The van der Waals surface area contributed by atoms with Gasteiger partial charge in [-0.15, -0.1) is 0 Å². The van der Waals surface area contributed by atoms with E-state index in [2.05, 4.69) is 55.4 Å². The summed E-state index contributed by atoms with van der Waals surface area (Å²) in [6.07, 6.45) is 8.45. The van der Waals surface area contributed by atoms with Gasteiger partial charge in [-0.1, -0.05) is 41.6 Å². The highest BCUT2D eigenvalue weighted by atomic mass is 79.9. The highest BCUT2D eigenvalue weighted by molar-refractivity contribution is 9.11. The third-order valence-electron chi connectivity index (χ3n) is 3.48. The van der Waals surface area contributed by atoms with Gasteiger partial charge < -0.3 is 5.32 Å². The Kier molecular flexibility index (Phi) is 5.36. The minimum Gasteiger partial charge on any atom is -0.384 e. The summed E-state index contributed by atoms with van der Waals surface area (Å²) in [5.74, 6) is 0.850. The summed E-state index contributed by atoms with van der Waals surface area (Å²) in [4.78, 5) is 0. The zero-order valence-corrected chi connectivity index (χ0v) is 13.2. The predicted octanol–water partition coefficient (Wildman–Crippen LogP) is 5.59. The predicted molar refractivity (Wildman–Crippen MR) is 81.5 cm³/mol. The smallest absolute Gasteiger partial charge is 0.0496 e. The molecule has 1 aromatic rings. The number of halogens is 2. The lowest BCUT2D eigenvalue weighted by Gasteiger charge is -2.16. The Morgan fingerprint density at radius 3 is 2.47 bits per heavy atom. The van der Waals surface area contributed by atoms with Crippen LogP contribution in [-0.2, 0) is 0 Å². The van der Waals surface area contributed by atoms with Crippen molar-refractivity contribution >= 4 is 37.5 Å². The standard InChI is InChI=1S/C14H19Br2N/c15-12-7-8-13(16)14(9-12)17-10-11-5-3-1-2-4-6-11/h7-9,11,17H,1-6,10H2. The van der Waals surface area contributed by atoms with Gasteiger partial charge in [-0.2, -0.15) is 0 Å². The van der Waals surface area contributed by atoms with Crippen molar-refractivity contribution in [2.75, 3.05) is 11.9 Å². The molecule has 0 bridgehead atoms. The van der Waals surface area contributed by atoms with Crippen LogP contribution in [0, 0.1) is 5.92 Å². The van der Waals surface area contributed by atoms with Gasteiger partial charge in [0, 0.05) is 21.2 Å². The summed E-state index contributed by atoms with van der Waals surface area (Å²) in [5, 5.41) is 3.57. The second-order valence-electron chi connectivity index (χ2n) is 4.86. The molecule has 0 spiro atoms. The molecule has 2 rings (SSSR count). The van der Waals surface area contributed by atoms with E-state index in [1.165, 1.54) is 44.2 Å². The molecule has 3 heteroatoms. The van der Waals surface area contributed by atoms with Crippen LogP contribution in [0.2, 0.25) is 0 Å². The van der Waals surface area contributed by atoms with Crippen molar-refractivity contribution in [3.8, 4) is 0 Å². The van der Waals surface area contributed by atoms with Gasteiger partial charge in [0.25, 0.3) is 0 Å². The molecule has 1 nitrogen and oxygen atoms in total. The van der Waals surface area contributed by atoms with Gasteiger partial charge in [0.15, 0.2) is 0 Å². The molecule has 94 valence electrons. The second kappa shape index (κ2) is 6.79. The van der Waals surface area contributed by atoms with Crippen LogP contribution in [0.15, 0.2) is 27.1 Å². The van der Waals surface area contributed by atoms with Crippen molar-refractivity contribution in [2.45, 2.75) is 38.5 Å². The van der Waals surface area contributed by atoms with Crippen LogP contribution in [-0.4, -0.2) is 6.54 Å². The molecule has 0 aliphatic heterocycles. The van der Waals surface area contributed by atoms with E-state index in [0.717, 1.165) is 21.4 Å². The zero-order chi connectivity index (χ0) is 12.1. The van der Waals surface area contributed by atoms with Gasteiger partial charge in [0.1, 0.15) is 0 Å². The lowest BCUT2D eigenvalue weighted by atomic mass is 10.0. The summed E-state index contributed by atoms with van der Waals surface area (Å²) in [5.41, 5.74) is 1.20. The van der Waals surface area contributed by atoms with E-state index in [-0.39, 0.29) is 0 Å². The molecule has 1 aliphatic carbocycles. The van der Waals surface area contributed by atoms with E-state index in [9.17, 15) is 0 Å². The largest absolute Gasteiger partial charge is 0.384 e. The number of hydrogen-bond donors (Lipinski definition) is 1. The first-order valence-electron chi connectivity index (χ1n) is 6.44. The Hall–Kier alpha value is -0.0200. The average Bonchev–Trinajstić information content (AvgIpc) is 2.59. The minimum atomic E-state index is 0.850. The van der Waals surface area contributed by atoms with Crippen LogP contribution in [0.3, 0.4) is 0 Å². The summed E-state index contributed by atoms with van der Waals surface area (Å²) in [6, 6.07) is 6.28. The Labute approximate surface area is 121 Å². The first-order chi connectivity index (χ1) is 8.25. The number of rotatable bonds is 3. The molecule has 0 saturated heterocycles. The Morgan fingerprint density at radius 1 is 1.06 bits per heavy atom. The quantitative estimate of drug-likeness (QED) is 0.692. The fourth-order valence-corrected chi connectivity index (χ4v) is 3.20. The topological polar surface area (TPSA) is 12.0 Å². The van der Waals surface area contributed by atoms with Gasteiger partial charge >= 0.3 is 0 Å². The first-order valence-corrected chi connectivity index (χ1v) is 8.03. The molecule has 1 aromatic carbocycles. The summed E-state index contributed by atoms with van der Waals surface area (Å²) in [7, 11) is 0.